The Kier molecular flexibility index (Phi) is 6.36. The molecule has 0 saturated carbocycles. The van der Waals surface area contributed by atoms with Gasteiger partial charge in [0.15, 0.2) is 12.6 Å². The number of benzene rings is 1. The van der Waals surface area contributed by atoms with Crippen LogP contribution in [0.25, 0.3) is 0 Å². The van der Waals surface area contributed by atoms with Crippen LogP contribution < -0.4 is 0 Å². The SMILES string of the molecule is CO[C@@H]1C[C@H](OCc2ccccc2CO[C@H]2C[C@@H](OC)[C@@H]3OC[C@H]2O3)[C@H]2CO[C@@H]1O2. The van der Waals surface area contributed by atoms with Crippen LogP contribution in [0, 0.1) is 0 Å². The van der Waals surface area contributed by atoms with Crippen molar-refractivity contribution in [1.82, 2.24) is 0 Å². The molecule has 0 aliphatic carbocycles. The number of fused-ring (bicyclic) bond motifs is 4. The highest BCUT2D eigenvalue weighted by Gasteiger charge is 2.46. The summed E-state index contributed by atoms with van der Waals surface area (Å²) >= 11 is 0. The predicted molar refractivity (Wildman–Crippen MR) is 104 cm³/mol. The summed E-state index contributed by atoms with van der Waals surface area (Å²) in [6, 6.07) is 8.20. The summed E-state index contributed by atoms with van der Waals surface area (Å²) in [6.07, 6.45) is 0.636. The molecule has 0 aromatic heterocycles. The van der Waals surface area contributed by atoms with Gasteiger partial charge in [-0.15, -0.1) is 0 Å². The highest BCUT2D eigenvalue weighted by molar-refractivity contribution is 5.26. The van der Waals surface area contributed by atoms with Crippen LogP contribution in [0.3, 0.4) is 0 Å². The molecule has 8 nitrogen and oxygen atoms in total. The predicted octanol–water partition coefficient (Wildman–Crippen LogP) is 1.78. The van der Waals surface area contributed by atoms with Gasteiger partial charge in [0.1, 0.15) is 24.4 Å². The zero-order chi connectivity index (χ0) is 20.5. The molecule has 8 atom stereocenters. The minimum atomic E-state index is -0.270. The van der Waals surface area contributed by atoms with Crippen molar-refractivity contribution in [1.29, 1.82) is 0 Å². The first-order valence-electron chi connectivity index (χ1n) is 10.6. The fourth-order valence-electron chi connectivity index (χ4n) is 4.64. The molecule has 4 heterocycles. The zero-order valence-electron chi connectivity index (χ0n) is 17.4. The maximum Gasteiger partial charge on any atom is 0.184 e. The zero-order valence-corrected chi connectivity index (χ0v) is 17.4. The van der Waals surface area contributed by atoms with Crippen LogP contribution in [0.15, 0.2) is 24.3 Å². The molecule has 4 aliphatic heterocycles. The van der Waals surface area contributed by atoms with Gasteiger partial charge >= 0.3 is 0 Å². The van der Waals surface area contributed by atoms with Crippen LogP contribution in [-0.2, 0) is 51.1 Å². The van der Waals surface area contributed by atoms with E-state index in [1.165, 1.54) is 0 Å². The molecule has 4 aliphatic rings. The first-order valence-corrected chi connectivity index (χ1v) is 10.6. The van der Waals surface area contributed by atoms with E-state index < -0.39 is 0 Å². The first kappa shape index (κ1) is 20.8. The van der Waals surface area contributed by atoms with Gasteiger partial charge in [-0.05, 0) is 11.1 Å². The molecule has 0 N–H and O–H groups in total. The summed E-state index contributed by atoms with van der Waals surface area (Å²) < 4.78 is 46.5. The van der Waals surface area contributed by atoms with E-state index in [2.05, 4.69) is 12.1 Å². The lowest BCUT2D eigenvalue weighted by atomic mass is 10.0. The van der Waals surface area contributed by atoms with Crippen molar-refractivity contribution in [3.8, 4) is 0 Å². The molecular formula is C22H30O8. The Hall–Kier alpha value is -1.10. The standard InChI is InChI=1S/C22H30O8/c1-23-17-7-15(19-11-27-21(17)29-19)25-9-13-5-3-4-6-14(13)10-26-16-8-18(24-2)22-28-12-20(16)30-22/h3-6,15-22H,7-12H2,1-2H3/t15-,16-,17+,18+,19+,20+,21+,22+/m0/s1. The maximum atomic E-state index is 6.24. The molecule has 0 radical (unpaired) electrons. The number of hydrogen-bond donors (Lipinski definition) is 0. The molecule has 4 fully saturated rings. The lowest BCUT2D eigenvalue weighted by Crippen LogP contribution is -2.44. The number of hydrogen-bond acceptors (Lipinski definition) is 8. The van der Waals surface area contributed by atoms with Gasteiger partial charge in [-0.25, -0.2) is 0 Å². The fourth-order valence-corrected chi connectivity index (χ4v) is 4.64. The number of rotatable bonds is 8. The van der Waals surface area contributed by atoms with E-state index in [0.717, 1.165) is 24.0 Å². The molecular weight excluding hydrogens is 392 g/mol. The second-order valence-electron chi connectivity index (χ2n) is 8.24. The van der Waals surface area contributed by atoms with Gasteiger partial charge in [-0.3, -0.25) is 0 Å². The van der Waals surface area contributed by atoms with Crippen molar-refractivity contribution in [2.75, 3.05) is 27.4 Å². The lowest BCUT2D eigenvalue weighted by Gasteiger charge is -2.33. The summed E-state index contributed by atoms with van der Waals surface area (Å²) in [5, 5.41) is 0. The molecule has 4 saturated heterocycles. The average Bonchev–Trinajstić information content (AvgIpc) is 3.40. The van der Waals surface area contributed by atoms with Crippen LogP contribution in [0.4, 0.5) is 0 Å². The molecule has 1 aromatic carbocycles. The van der Waals surface area contributed by atoms with Crippen LogP contribution in [-0.4, -0.2) is 76.6 Å². The van der Waals surface area contributed by atoms with Crippen LogP contribution in [0.1, 0.15) is 24.0 Å². The topological polar surface area (TPSA) is 73.8 Å². The third kappa shape index (κ3) is 4.16. The normalized spacial score (nSPS) is 40.1. The quantitative estimate of drug-likeness (QED) is 0.628. The van der Waals surface area contributed by atoms with Crippen molar-refractivity contribution in [2.45, 2.75) is 75.3 Å². The Morgan fingerprint density at radius 1 is 0.733 bits per heavy atom. The minimum Gasteiger partial charge on any atom is -0.376 e. The van der Waals surface area contributed by atoms with E-state index in [-0.39, 0.29) is 49.2 Å². The third-order valence-electron chi connectivity index (χ3n) is 6.46. The first-order chi connectivity index (χ1) is 14.7. The van der Waals surface area contributed by atoms with Gasteiger partial charge in [0, 0.05) is 27.1 Å². The van der Waals surface area contributed by atoms with E-state index in [0.29, 0.717) is 26.4 Å². The van der Waals surface area contributed by atoms with E-state index in [9.17, 15) is 0 Å². The summed E-state index contributed by atoms with van der Waals surface area (Å²) in [4.78, 5) is 0. The van der Waals surface area contributed by atoms with E-state index in [1.807, 2.05) is 12.1 Å². The van der Waals surface area contributed by atoms with Crippen molar-refractivity contribution in [2.24, 2.45) is 0 Å². The van der Waals surface area contributed by atoms with Crippen molar-refractivity contribution in [3.63, 3.8) is 0 Å². The Bertz CT molecular complexity index is 655. The lowest BCUT2D eigenvalue weighted by molar-refractivity contribution is -0.202. The second kappa shape index (κ2) is 9.18. The molecule has 1 aromatic rings. The number of ether oxygens (including phenoxy) is 8. The number of methoxy groups -OCH3 is 2. The molecule has 4 bridgehead atoms. The van der Waals surface area contributed by atoms with Crippen molar-refractivity contribution >= 4 is 0 Å². The highest BCUT2D eigenvalue weighted by atomic mass is 16.8. The minimum absolute atomic E-state index is 0.0366. The highest BCUT2D eigenvalue weighted by Crippen LogP contribution is 2.33. The summed E-state index contributed by atoms with van der Waals surface area (Å²) in [5.74, 6) is 0. The average molecular weight is 422 g/mol. The van der Waals surface area contributed by atoms with Gasteiger partial charge in [0.2, 0.25) is 0 Å². The molecule has 166 valence electrons. The monoisotopic (exact) mass is 422 g/mol. The van der Waals surface area contributed by atoms with Gasteiger partial charge in [-0.1, -0.05) is 24.3 Å². The molecule has 0 spiro atoms. The molecule has 5 rings (SSSR count). The largest absolute Gasteiger partial charge is 0.376 e. The molecule has 0 unspecified atom stereocenters. The Labute approximate surface area is 176 Å². The fraction of sp³-hybridized carbons (Fsp3) is 0.727. The van der Waals surface area contributed by atoms with Crippen molar-refractivity contribution < 1.29 is 37.9 Å². The molecule has 8 heteroatoms. The van der Waals surface area contributed by atoms with Crippen molar-refractivity contribution in [3.05, 3.63) is 35.4 Å². The van der Waals surface area contributed by atoms with Crippen LogP contribution >= 0.6 is 0 Å². The maximum absolute atomic E-state index is 6.24. The van der Waals surface area contributed by atoms with Gasteiger partial charge < -0.3 is 37.9 Å². The molecule has 0 amide bonds. The third-order valence-corrected chi connectivity index (χ3v) is 6.46. The van der Waals surface area contributed by atoms with E-state index >= 15 is 0 Å². The van der Waals surface area contributed by atoms with Gasteiger partial charge in [0.25, 0.3) is 0 Å². The Morgan fingerprint density at radius 3 is 1.63 bits per heavy atom. The summed E-state index contributed by atoms with van der Waals surface area (Å²) in [6.45, 7) is 2.07. The molecule has 30 heavy (non-hydrogen) atoms. The van der Waals surface area contributed by atoms with Gasteiger partial charge in [0.05, 0.1) is 38.6 Å². The summed E-state index contributed by atoms with van der Waals surface area (Å²) in [5.41, 5.74) is 2.21. The van der Waals surface area contributed by atoms with Crippen LogP contribution in [0.2, 0.25) is 0 Å². The van der Waals surface area contributed by atoms with E-state index in [4.69, 9.17) is 37.9 Å². The smallest absolute Gasteiger partial charge is 0.184 e. The Morgan fingerprint density at radius 2 is 1.20 bits per heavy atom. The second-order valence-corrected chi connectivity index (χ2v) is 8.24. The van der Waals surface area contributed by atoms with Crippen LogP contribution in [0.5, 0.6) is 0 Å². The summed E-state index contributed by atoms with van der Waals surface area (Å²) in [7, 11) is 3.36. The Balaban J connectivity index is 1.19. The van der Waals surface area contributed by atoms with E-state index in [1.54, 1.807) is 14.2 Å². The van der Waals surface area contributed by atoms with Gasteiger partial charge in [-0.2, -0.15) is 0 Å².